The van der Waals surface area contributed by atoms with E-state index in [0.717, 1.165) is 10.9 Å². The van der Waals surface area contributed by atoms with Crippen molar-refractivity contribution in [2.45, 2.75) is 32.2 Å². The smallest absolute Gasteiger partial charge is 0.331 e. The summed E-state index contributed by atoms with van der Waals surface area (Å²) < 4.78 is 11.0. The van der Waals surface area contributed by atoms with Gasteiger partial charge >= 0.3 is 5.97 Å². The number of methoxy groups -OCH3 is 1. The van der Waals surface area contributed by atoms with Crippen LogP contribution in [0.4, 0.5) is 0 Å². The summed E-state index contributed by atoms with van der Waals surface area (Å²) in [6, 6.07) is 7.19. The number of hydrogen-bond donors (Lipinski definition) is 1. The maximum absolute atomic E-state index is 12.0. The molecule has 0 fully saturated rings. The Labute approximate surface area is 133 Å². The van der Waals surface area contributed by atoms with Crippen molar-refractivity contribution in [1.82, 2.24) is 5.32 Å². The number of rotatable bonds is 7. The summed E-state index contributed by atoms with van der Waals surface area (Å²) in [6.45, 7) is 3.43. The predicted octanol–water partition coefficient (Wildman–Crippen LogP) is 2.68. The summed E-state index contributed by atoms with van der Waals surface area (Å²) in [6.07, 6.45) is 1.25. The lowest BCUT2D eigenvalue weighted by atomic mass is 9.96. The van der Waals surface area contributed by atoms with Gasteiger partial charge in [0, 0.05) is 4.47 Å². The van der Waals surface area contributed by atoms with E-state index in [4.69, 9.17) is 9.47 Å². The average molecular weight is 358 g/mol. The van der Waals surface area contributed by atoms with Crippen LogP contribution in [0, 0.1) is 0 Å². The Morgan fingerprint density at radius 1 is 1.38 bits per heavy atom. The van der Waals surface area contributed by atoms with Crippen molar-refractivity contribution in [3.8, 4) is 5.75 Å². The standard InChI is InChI=1S/C15H20BrNO4/c1-4-8-15(2,14(19)20-3)17-13(18)10-21-12-7-5-6-11(16)9-12/h5-7,9H,4,8,10H2,1-3H3,(H,17,18). The number of amides is 1. The van der Waals surface area contributed by atoms with Crippen LogP contribution < -0.4 is 10.1 Å². The molecule has 1 aromatic carbocycles. The molecule has 5 nitrogen and oxygen atoms in total. The third-order valence-corrected chi connectivity index (χ3v) is 3.46. The molecule has 0 bridgehead atoms. The molecule has 0 aliphatic heterocycles. The SMILES string of the molecule is CCCC(C)(NC(=O)COc1cccc(Br)c1)C(=O)OC. The molecule has 1 unspecified atom stereocenters. The monoisotopic (exact) mass is 357 g/mol. The quantitative estimate of drug-likeness (QED) is 0.762. The molecule has 0 saturated carbocycles. The van der Waals surface area contributed by atoms with Gasteiger partial charge in [-0.25, -0.2) is 4.79 Å². The van der Waals surface area contributed by atoms with E-state index >= 15 is 0 Å². The minimum absolute atomic E-state index is 0.160. The largest absolute Gasteiger partial charge is 0.484 e. The van der Waals surface area contributed by atoms with Gasteiger partial charge in [-0.15, -0.1) is 0 Å². The highest BCUT2D eigenvalue weighted by atomic mass is 79.9. The van der Waals surface area contributed by atoms with E-state index in [1.807, 2.05) is 19.1 Å². The molecule has 116 valence electrons. The zero-order chi connectivity index (χ0) is 15.9. The number of hydrogen-bond acceptors (Lipinski definition) is 4. The number of esters is 1. The van der Waals surface area contributed by atoms with Crippen molar-refractivity contribution in [3.05, 3.63) is 28.7 Å². The summed E-state index contributed by atoms with van der Waals surface area (Å²) in [7, 11) is 1.31. The number of carbonyl (C=O) groups excluding carboxylic acids is 2. The van der Waals surface area contributed by atoms with Gasteiger partial charge < -0.3 is 14.8 Å². The Hall–Kier alpha value is -1.56. The molecule has 0 radical (unpaired) electrons. The lowest BCUT2D eigenvalue weighted by Crippen LogP contribution is -2.53. The lowest BCUT2D eigenvalue weighted by Gasteiger charge is -2.27. The molecule has 0 aliphatic carbocycles. The highest BCUT2D eigenvalue weighted by molar-refractivity contribution is 9.10. The molecule has 1 rings (SSSR count). The molecule has 0 aromatic heterocycles. The Bertz CT molecular complexity index is 506. The van der Waals surface area contributed by atoms with Crippen LogP contribution >= 0.6 is 15.9 Å². The zero-order valence-electron chi connectivity index (χ0n) is 12.4. The molecule has 0 heterocycles. The van der Waals surface area contributed by atoms with Crippen LogP contribution in [0.5, 0.6) is 5.75 Å². The van der Waals surface area contributed by atoms with Crippen molar-refractivity contribution in [3.63, 3.8) is 0 Å². The van der Waals surface area contributed by atoms with Gasteiger partial charge in [0.25, 0.3) is 5.91 Å². The van der Waals surface area contributed by atoms with E-state index in [9.17, 15) is 9.59 Å². The van der Waals surface area contributed by atoms with Crippen LogP contribution in [-0.2, 0) is 14.3 Å². The molecule has 6 heteroatoms. The number of ether oxygens (including phenoxy) is 2. The van der Waals surface area contributed by atoms with E-state index in [2.05, 4.69) is 21.2 Å². The van der Waals surface area contributed by atoms with Gasteiger partial charge in [-0.2, -0.15) is 0 Å². The van der Waals surface area contributed by atoms with Crippen LogP contribution in [0.25, 0.3) is 0 Å². The van der Waals surface area contributed by atoms with Crippen LogP contribution in [0.15, 0.2) is 28.7 Å². The fourth-order valence-electron chi connectivity index (χ4n) is 1.99. The Kier molecular flexibility index (Phi) is 6.68. The van der Waals surface area contributed by atoms with Gasteiger partial charge in [-0.1, -0.05) is 35.3 Å². The first-order valence-electron chi connectivity index (χ1n) is 6.69. The Balaban J connectivity index is 2.60. The normalized spacial score (nSPS) is 13.1. The fraction of sp³-hybridized carbons (Fsp3) is 0.467. The minimum Gasteiger partial charge on any atom is -0.484 e. The van der Waals surface area contributed by atoms with Crippen LogP contribution in [0.2, 0.25) is 0 Å². The van der Waals surface area contributed by atoms with Gasteiger partial charge in [-0.3, -0.25) is 4.79 Å². The third kappa shape index (κ3) is 5.38. The third-order valence-electron chi connectivity index (χ3n) is 2.97. The van der Waals surface area contributed by atoms with E-state index in [1.165, 1.54) is 7.11 Å². The number of nitrogens with one attached hydrogen (secondary N) is 1. The second-order valence-corrected chi connectivity index (χ2v) is 5.78. The van der Waals surface area contributed by atoms with Crippen molar-refractivity contribution < 1.29 is 19.1 Å². The van der Waals surface area contributed by atoms with Crippen LogP contribution in [-0.4, -0.2) is 31.1 Å². The number of benzene rings is 1. The van der Waals surface area contributed by atoms with Crippen LogP contribution in [0.3, 0.4) is 0 Å². The van der Waals surface area contributed by atoms with Gasteiger partial charge in [0.05, 0.1) is 7.11 Å². The average Bonchev–Trinajstić information content (AvgIpc) is 2.44. The molecular weight excluding hydrogens is 338 g/mol. The first-order valence-corrected chi connectivity index (χ1v) is 7.48. The van der Waals surface area contributed by atoms with E-state index in [1.54, 1.807) is 19.1 Å². The van der Waals surface area contributed by atoms with E-state index in [0.29, 0.717) is 12.2 Å². The minimum atomic E-state index is -1.03. The highest BCUT2D eigenvalue weighted by Crippen LogP contribution is 2.18. The summed E-state index contributed by atoms with van der Waals surface area (Å²) in [5.74, 6) is -0.244. The summed E-state index contributed by atoms with van der Waals surface area (Å²) in [4.78, 5) is 23.8. The van der Waals surface area contributed by atoms with Gasteiger partial charge in [0.15, 0.2) is 6.61 Å². The number of carbonyl (C=O) groups is 2. The van der Waals surface area contributed by atoms with Crippen molar-refractivity contribution in [2.24, 2.45) is 0 Å². The second-order valence-electron chi connectivity index (χ2n) is 4.87. The molecule has 1 amide bonds. The molecular formula is C15H20BrNO4. The van der Waals surface area contributed by atoms with Crippen LogP contribution in [0.1, 0.15) is 26.7 Å². The summed E-state index contributed by atoms with van der Waals surface area (Å²) in [5.41, 5.74) is -1.03. The van der Waals surface area contributed by atoms with Crippen molar-refractivity contribution in [2.75, 3.05) is 13.7 Å². The topological polar surface area (TPSA) is 64.6 Å². The second kappa shape index (κ2) is 8.02. The molecule has 1 atom stereocenters. The zero-order valence-corrected chi connectivity index (χ0v) is 14.0. The maximum atomic E-state index is 12.0. The van der Waals surface area contributed by atoms with E-state index in [-0.39, 0.29) is 12.5 Å². The molecule has 1 aromatic rings. The highest BCUT2D eigenvalue weighted by Gasteiger charge is 2.35. The molecule has 0 saturated heterocycles. The Morgan fingerprint density at radius 3 is 2.67 bits per heavy atom. The summed E-state index contributed by atoms with van der Waals surface area (Å²) >= 11 is 3.33. The number of halogens is 1. The van der Waals surface area contributed by atoms with Crippen molar-refractivity contribution in [1.29, 1.82) is 0 Å². The first-order chi connectivity index (χ1) is 9.91. The Morgan fingerprint density at radius 2 is 2.10 bits per heavy atom. The van der Waals surface area contributed by atoms with Crippen molar-refractivity contribution >= 4 is 27.8 Å². The molecule has 0 spiro atoms. The predicted molar refractivity (Wildman–Crippen MR) is 83.1 cm³/mol. The molecule has 1 N–H and O–H groups in total. The van der Waals surface area contributed by atoms with Gasteiger partial charge in [0.1, 0.15) is 11.3 Å². The van der Waals surface area contributed by atoms with Gasteiger partial charge in [0.2, 0.25) is 0 Å². The molecule has 0 aliphatic rings. The maximum Gasteiger partial charge on any atom is 0.331 e. The fourth-order valence-corrected chi connectivity index (χ4v) is 2.37. The lowest BCUT2D eigenvalue weighted by molar-refractivity contribution is -0.150. The first kappa shape index (κ1) is 17.5. The molecule has 21 heavy (non-hydrogen) atoms. The van der Waals surface area contributed by atoms with Gasteiger partial charge in [-0.05, 0) is 31.5 Å². The van der Waals surface area contributed by atoms with E-state index < -0.39 is 11.5 Å². The summed E-state index contributed by atoms with van der Waals surface area (Å²) in [5, 5.41) is 2.68.